The number of nitrogens with zero attached hydrogens (tertiary/aromatic N) is 2. The number of carbonyl (C=O) groups excluding carboxylic acids is 2. The molecule has 43 heavy (non-hydrogen) atoms. The number of phenols is 1. The quantitative estimate of drug-likeness (QED) is 0.0987. The largest absolute Gasteiger partial charge is 0.510 e. The number of primary amides is 1. The third-order valence-electron chi connectivity index (χ3n) is 8.79. The number of aromatic hydroxyl groups is 1. The molecule has 0 saturated heterocycles. The van der Waals surface area contributed by atoms with Gasteiger partial charge in [0.1, 0.15) is 17.3 Å². The number of halogens is 3. The predicted octanol–water partition coefficient (Wildman–Crippen LogP) is 4.56. The van der Waals surface area contributed by atoms with Crippen LogP contribution in [0.25, 0.3) is 5.76 Å². The number of ketones is 1. The molecule has 13 heteroatoms. The van der Waals surface area contributed by atoms with Crippen molar-refractivity contribution in [2.75, 3.05) is 27.2 Å². The van der Waals surface area contributed by atoms with E-state index in [-0.39, 0.29) is 72.7 Å². The zero-order valence-corrected chi connectivity index (χ0v) is 25.2. The fourth-order valence-corrected chi connectivity index (χ4v) is 6.65. The van der Waals surface area contributed by atoms with Gasteiger partial charge >= 0.3 is 6.18 Å². The van der Waals surface area contributed by atoms with E-state index in [1.54, 1.807) is 19.0 Å². The molecule has 1 unspecified atom stereocenters. The number of alkyl halides is 3. The lowest BCUT2D eigenvalue weighted by atomic mass is 9.67. The van der Waals surface area contributed by atoms with Gasteiger partial charge in [-0.1, -0.05) is 13.8 Å². The Morgan fingerprint density at radius 2 is 1.86 bits per heavy atom. The van der Waals surface area contributed by atoms with Crippen LogP contribution in [0.1, 0.15) is 68.7 Å². The average molecular weight is 614 g/mol. The van der Waals surface area contributed by atoms with Crippen molar-refractivity contribution in [3.8, 4) is 5.75 Å². The van der Waals surface area contributed by atoms with Crippen LogP contribution in [-0.4, -0.2) is 81.4 Å². The predicted molar refractivity (Wildman–Crippen MR) is 153 cm³/mol. The summed E-state index contributed by atoms with van der Waals surface area (Å²) in [6.45, 7) is 5.78. The number of amides is 1. The number of fused-ring (bicyclic) bond motifs is 2. The average Bonchev–Trinajstić information content (AvgIpc) is 2.89. The van der Waals surface area contributed by atoms with E-state index in [2.05, 4.69) is 4.89 Å². The van der Waals surface area contributed by atoms with Crippen molar-refractivity contribution in [2.24, 2.45) is 17.6 Å². The van der Waals surface area contributed by atoms with Gasteiger partial charge in [-0.25, -0.2) is 4.89 Å². The molecule has 2 aliphatic carbocycles. The monoisotopic (exact) mass is 613 g/mol. The lowest BCUT2D eigenvalue weighted by Crippen LogP contribution is -2.44. The number of likely N-dealkylation sites (N-methyl/N-ethyl adjacent to an activating group) is 1. The van der Waals surface area contributed by atoms with Gasteiger partial charge in [0, 0.05) is 31.0 Å². The Bertz CT molecular complexity index is 1290. The Morgan fingerprint density at radius 3 is 2.37 bits per heavy atom. The summed E-state index contributed by atoms with van der Waals surface area (Å²) < 4.78 is 44.2. The second-order valence-corrected chi connectivity index (χ2v) is 11.6. The van der Waals surface area contributed by atoms with E-state index in [0.717, 1.165) is 6.07 Å². The minimum absolute atomic E-state index is 0.0150. The molecular formula is C30H42F3N3O7. The molecule has 1 aromatic carbocycles. The zero-order chi connectivity index (χ0) is 32.4. The molecule has 10 nitrogen and oxygen atoms in total. The van der Waals surface area contributed by atoms with Crippen molar-refractivity contribution in [3.63, 3.8) is 0 Å². The van der Waals surface area contributed by atoms with E-state index in [1.807, 2.05) is 25.7 Å². The standard InChI is InChI=1S/C30H42F3N3O7/c1-6-15(3)36(7-2)14-18-13-22(38)24-20(25(18)30(31,32)33)11-16-10-17(12-21(37)23(16)28(24)40)26(35(4)5)27(39)19(29(34)41)8-9-43-42/h13,15-17,26,38-40,42H,6-12,14H2,1-5H3,(H2,34,41)/b27-19-/t15?,16-,17-,26+/m1/s1. The smallest absolute Gasteiger partial charge is 0.417 e. The highest BCUT2D eigenvalue weighted by atomic mass is 19.4. The Kier molecular flexibility index (Phi) is 10.9. The van der Waals surface area contributed by atoms with Gasteiger partial charge in [0.2, 0.25) is 5.91 Å². The van der Waals surface area contributed by atoms with E-state index in [1.165, 1.54) is 0 Å². The molecule has 240 valence electrons. The fourth-order valence-electron chi connectivity index (χ4n) is 6.65. The van der Waals surface area contributed by atoms with Gasteiger partial charge in [-0.3, -0.25) is 24.6 Å². The molecule has 1 amide bonds. The van der Waals surface area contributed by atoms with Crippen LogP contribution < -0.4 is 5.73 Å². The van der Waals surface area contributed by atoms with Crippen LogP contribution in [0, 0.1) is 11.8 Å². The number of aliphatic hydroxyl groups excluding tert-OH is 2. The fraction of sp³-hybridized carbons (Fsp3) is 0.600. The number of allylic oxidation sites excluding steroid dienone is 1. The van der Waals surface area contributed by atoms with Crippen LogP contribution in [0.3, 0.4) is 0 Å². The van der Waals surface area contributed by atoms with Crippen molar-refractivity contribution in [2.45, 2.75) is 77.7 Å². The van der Waals surface area contributed by atoms with E-state index in [0.29, 0.717) is 13.0 Å². The number of hydrogen-bond donors (Lipinski definition) is 5. The summed E-state index contributed by atoms with van der Waals surface area (Å²) in [5.41, 5.74) is 3.47. The van der Waals surface area contributed by atoms with E-state index < -0.39 is 58.6 Å². The molecular weight excluding hydrogens is 571 g/mol. The first-order chi connectivity index (χ1) is 20.1. The first-order valence-corrected chi connectivity index (χ1v) is 14.4. The van der Waals surface area contributed by atoms with Crippen LogP contribution in [0.4, 0.5) is 13.2 Å². The Balaban J connectivity index is 2.14. The second kappa shape index (κ2) is 13.7. The number of nitrogens with two attached hydrogens (primary N) is 1. The maximum atomic E-state index is 14.7. The van der Waals surface area contributed by atoms with Gasteiger partial charge in [-0.05, 0) is 75.9 Å². The molecule has 0 bridgehead atoms. The van der Waals surface area contributed by atoms with Crippen LogP contribution >= 0.6 is 0 Å². The molecule has 0 spiro atoms. The van der Waals surface area contributed by atoms with Crippen LogP contribution in [0.5, 0.6) is 5.75 Å². The summed E-state index contributed by atoms with van der Waals surface area (Å²) in [5, 5.41) is 42.0. The summed E-state index contributed by atoms with van der Waals surface area (Å²) in [5.74, 6) is -4.63. The van der Waals surface area contributed by atoms with Crippen molar-refractivity contribution >= 4 is 17.4 Å². The summed E-state index contributed by atoms with van der Waals surface area (Å²) in [7, 11) is 3.21. The Hall–Kier alpha value is -3.13. The summed E-state index contributed by atoms with van der Waals surface area (Å²) in [6.07, 6.45) is -4.68. The highest BCUT2D eigenvalue weighted by molar-refractivity contribution is 6.04. The number of Topliss-reactive ketones (excluding diaryl/α,β-unsaturated/α-hetero) is 1. The maximum Gasteiger partial charge on any atom is 0.417 e. The minimum Gasteiger partial charge on any atom is -0.510 e. The number of rotatable bonds is 12. The molecule has 0 aromatic heterocycles. The molecule has 2 aliphatic rings. The van der Waals surface area contributed by atoms with Crippen molar-refractivity contribution in [1.29, 1.82) is 0 Å². The molecule has 0 heterocycles. The first kappa shape index (κ1) is 34.4. The third kappa shape index (κ3) is 7.00. The molecule has 3 rings (SSSR count). The van der Waals surface area contributed by atoms with Crippen molar-refractivity contribution in [3.05, 3.63) is 45.2 Å². The van der Waals surface area contributed by atoms with Crippen LogP contribution in [0.2, 0.25) is 0 Å². The van der Waals surface area contributed by atoms with Crippen LogP contribution in [0.15, 0.2) is 23.0 Å². The van der Waals surface area contributed by atoms with Gasteiger partial charge in [0.05, 0.1) is 29.3 Å². The zero-order valence-electron chi connectivity index (χ0n) is 25.2. The number of benzene rings is 1. The van der Waals surface area contributed by atoms with E-state index in [4.69, 9.17) is 11.0 Å². The second-order valence-electron chi connectivity index (χ2n) is 11.6. The van der Waals surface area contributed by atoms with Crippen LogP contribution in [-0.2, 0) is 33.6 Å². The highest BCUT2D eigenvalue weighted by Gasteiger charge is 2.47. The normalized spacial score (nSPS) is 21.0. The lowest BCUT2D eigenvalue weighted by Gasteiger charge is -2.41. The van der Waals surface area contributed by atoms with E-state index >= 15 is 0 Å². The third-order valence-corrected chi connectivity index (χ3v) is 8.79. The Morgan fingerprint density at radius 1 is 1.21 bits per heavy atom. The lowest BCUT2D eigenvalue weighted by molar-refractivity contribution is -0.241. The van der Waals surface area contributed by atoms with Gasteiger partial charge in [0.15, 0.2) is 5.78 Å². The molecule has 6 N–H and O–H groups in total. The van der Waals surface area contributed by atoms with Gasteiger partial charge < -0.3 is 21.1 Å². The molecule has 0 aliphatic heterocycles. The first-order valence-electron chi connectivity index (χ1n) is 14.4. The number of hydrogen-bond acceptors (Lipinski definition) is 9. The van der Waals surface area contributed by atoms with Crippen molar-refractivity contribution < 1.29 is 48.2 Å². The number of aliphatic hydroxyl groups is 2. The SMILES string of the molecule is CCC(C)N(CC)Cc1cc(O)c2c(c1C(F)(F)F)C[C@H]1C[C@@H]([C@@H](/C(O)=C(\CCOO)C(N)=O)N(C)C)CC(=O)C1=C2O. The highest BCUT2D eigenvalue weighted by Crippen LogP contribution is 2.50. The molecule has 0 radical (unpaired) electrons. The van der Waals surface area contributed by atoms with E-state index in [9.17, 15) is 38.1 Å². The minimum atomic E-state index is -4.81. The van der Waals surface area contributed by atoms with Gasteiger partial charge in [-0.2, -0.15) is 13.2 Å². The summed E-state index contributed by atoms with van der Waals surface area (Å²) in [4.78, 5) is 33.0. The van der Waals surface area contributed by atoms with Crippen molar-refractivity contribution in [1.82, 2.24) is 9.80 Å². The Labute approximate surface area is 249 Å². The topological polar surface area (TPSA) is 157 Å². The molecule has 4 atom stereocenters. The number of phenolic OH excluding ortho intramolecular Hbond substituents is 1. The summed E-state index contributed by atoms with van der Waals surface area (Å²) >= 11 is 0. The molecule has 1 saturated carbocycles. The number of carbonyl (C=O) groups is 2. The maximum absolute atomic E-state index is 14.7. The van der Waals surface area contributed by atoms with Gasteiger partial charge in [-0.15, -0.1) is 0 Å². The van der Waals surface area contributed by atoms with Gasteiger partial charge in [0.25, 0.3) is 0 Å². The molecule has 1 aromatic rings. The summed E-state index contributed by atoms with van der Waals surface area (Å²) in [6, 6.07) is 0.0937. The molecule has 1 fully saturated rings.